The maximum Gasteiger partial charge on any atom is 0.317 e. The smallest absolute Gasteiger partial charge is 0.317 e. The van der Waals surface area contributed by atoms with Gasteiger partial charge in [-0.05, 0) is 12.8 Å². The summed E-state index contributed by atoms with van der Waals surface area (Å²) in [6.45, 7) is 4.84. The predicted molar refractivity (Wildman–Crippen MR) is 69.6 cm³/mol. The van der Waals surface area contributed by atoms with Crippen LogP contribution in [0.1, 0.15) is 19.8 Å². The standard InChI is InChI=1S/C12H20ClN3O2/c1-9(8-13)11(17)15-5-2-10(3-6-15)16-7-4-14-12(16)18/h9-10H,2-8H2,1H3,(H,14,18). The van der Waals surface area contributed by atoms with Gasteiger partial charge in [-0.25, -0.2) is 4.79 Å². The molecule has 18 heavy (non-hydrogen) atoms. The molecule has 102 valence electrons. The van der Waals surface area contributed by atoms with Crippen LogP contribution in [-0.2, 0) is 4.79 Å². The van der Waals surface area contributed by atoms with E-state index in [9.17, 15) is 9.59 Å². The van der Waals surface area contributed by atoms with E-state index in [0.29, 0.717) is 5.88 Å². The Kier molecular flexibility index (Phi) is 4.32. The zero-order valence-electron chi connectivity index (χ0n) is 10.7. The van der Waals surface area contributed by atoms with Crippen LogP contribution in [-0.4, -0.2) is 59.8 Å². The van der Waals surface area contributed by atoms with Gasteiger partial charge in [0, 0.05) is 44.0 Å². The van der Waals surface area contributed by atoms with Crippen molar-refractivity contribution < 1.29 is 9.59 Å². The van der Waals surface area contributed by atoms with Gasteiger partial charge in [0.1, 0.15) is 0 Å². The molecule has 3 amide bonds. The van der Waals surface area contributed by atoms with Gasteiger partial charge in [-0.3, -0.25) is 4.79 Å². The van der Waals surface area contributed by atoms with Gasteiger partial charge in [-0.1, -0.05) is 6.92 Å². The molecule has 0 aliphatic carbocycles. The highest BCUT2D eigenvalue weighted by Gasteiger charge is 2.32. The fourth-order valence-electron chi connectivity index (χ4n) is 2.61. The summed E-state index contributed by atoms with van der Waals surface area (Å²) in [6.07, 6.45) is 1.74. The molecule has 6 heteroatoms. The van der Waals surface area contributed by atoms with Gasteiger partial charge in [-0.2, -0.15) is 0 Å². The lowest BCUT2D eigenvalue weighted by molar-refractivity contribution is -0.135. The minimum Gasteiger partial charge on any atom is -0.342 e. The summed E-state index contributed by atoms with van der Waals surface area (Å²) in [4.78, 5) is 27.3. The molecule has 2 aliphatic heterocycles. The third kappa shape index (κ3) is 2.71. The molecule has 0 bridgehead atoms. The van der Waals surface area contributed by atoms with Crippen LogP contribution in [0.2, 0.25) is 0 Å². The Morgan fingerprint density at radius 1 is 1.44 bits per heavy atom. The highest BCUT2D eigenvalue weighted by atomic mass is 35.5. The van der Waals surface area contributed by atoms with Crippen molar-refractivity contribution in [2.45, 2.75) is 25.8 Å². The van der Waals surface area contributed by atoms with Crippen LogP contribution >= 0.6 is 11.6 Å². The second-order valence-electron chi connectivity index (χ2n) is 5.04. The van der Waals surface area contributed by atoms with Crippen molar-refractivity contribution in [1.29, 1.82) is 0 Å². The lowest BCUT2D eigenvalue weighted by atomic mass is 10.0. The van der Waals surface area contributed by atoms with E-state index in [2.05, 4.69) is 5.32 Å². The van der Waals surface area contributed by atoms with Crippen molar-refractivity contribution in [3.63, 3.8) is 0 Å². The second-order valence-corrected chi connectivity index (χ2v) is 5.35. The van der Waals surface area contributed by atoms with Crippen LogP contribution in [0.3, 0.4) is 0 Å². The summed E-state index contributed by atoms with van der Waals surface area (Å²) < 4.78 is 0. The summed E-state index contributed by atoms with van der Waals surface area (Å²) in [7, 11) is 0. The van der Waals surface area contributed by atoms with E-state index in [1.165, 1.54) is 0 Å². The van der Waals surface area contributed by atoms with E-state index in [0.717, 1.165) is 39.0 Å². The summed E-state index contributed by atoms with van der Waals surface area (Å²) in [5, 5.41) is 2.82. The van der Waals surface area contributed by atoms with Gasteiger partial charge >= 0.3 is 6.03 Å². The molecule has 0 radical (unpaired) electrons. The van der Waals surface area contributed by atoms with Gasteiger partial charge in [0.05, 0.1) is 0 Å². The topological polar surface area (TPSA) is 52.7 Å². The zero-order chi connectivity index (χ0) is 13.1. The SMILES string of the molecule is CC(CCl)C(=O)N1CCC(N2CCNC2=O)CC1. The lowest BCUT2D eigenvalue weighted by Crippen LogP contribution is -2.48. The number of alkyl halides is 1. The number of halogens is 1. The Labute approximate surface area is 112 Å². The van der Waals surface area contributed by atoms with Crippen molar-refractivity contribution in [1.82, 2.24) is 15.1 Å². The maximum atomic E-state index is 12.0. The summed E-state index contributed by atoms with van der Waals surface area (Å²) in [5.41, 5.74) is 0. The van der Waals surface area contributed by atoms with Gasteiger partial charge in [-0.15, -0.1) is 11.6 Å². The number of nitrogens with zero attached hydrogens (tertiary/aromatic N) is 2. The lowest BCUT2D eigenvalue weighted by Gasteiger charge is -2.37. The van der Waals surface area contributed by atoms with Crippen LogP contribution in [0, 0.1) is 5.92 Å². The van der Waals surface area contributed by atoms with Crippen molar-refractivity contribution >= 4 is 23.5 Å². The minimum atomic E-state index is -0.113. The van der Waals surface area contributed by atoms with E-state index in [1.54, 1.807) is 0 Å². The number of hydrogen-bond donors (Lipinski definition) is 1. The molecular weight excluding hydrogens is 254 g/mol. The molecule has 1 unspecified atom stereocenters. The second kappa shape index (κ2) is 5.78. The third-order valence-electron chi connectivity index (χ3n) is 3.76. The monoisotopic (exact) mass is 273 g/mol. The normalized spacial score (nSPS) is 23.1. The summed E-state index contributed by atoms with van der Waals surface area (Å²) >= 11 is 5.71. The molecule has 1 atom stereocenters. The van der Waals surface area contributed by atoms with E-state index < -0.39 is 0 Å². The average molecular weight is 274 g/mol. The van der Waals surface area contributed by atoms with Crippen LogP contribution < -0.4 is 5.32 Å². The molecule has 2 heterocycles. The summed E-state index contributed by atoms with van der Waals surface area (Å²) in [6, 6.07) is 0.316. The van der Waals surface area contributed by atoms with Crippen LogP contribution in [0.5, 0.6) is 0 Å². The first-order chi connectivity index (χ1) is 8.63. The predicted octanol–water partition coefficient (Wildman–Crippen LogP) is 0.878. The highest BCUT2D eigenvalue weighted by molar-refractivity contribution is 6.19. The van der Waals surface area contributed by atoms with Gasteiger partial charge < -0.3 is 15.1 Å². The number of rotatable bonds is 3. The van der Waals surface area contributed by atoms with Crippen molar-refractivity contribution in [2.75, 3.05) is 32.1 Å². The van der Waals surface area contributed by atoms with Crippen LogP contribution in [0.15, 0.2) is 0 Å². The molecule has 2 aliphatic rings. The summed E-state index contributed by atoms with van der Waals surface area (Å²) in [5.74, 6) is 0.389. The van der Waals surface area contributed by atoms with Crippen LogP contribution in [0.4, 0.5) is 4.79 Å². The molecule has 2 saturated heterocycles. The minimum absolute atomic E-state index is 0.0360. The Morgan fingerprint density at radius 3 is 2.61 bits per heavy atom. The zero-order valence-corrected chi connectivity index (χ0v) is 11.4. The number of carbonyl (C=O) groups is 2. The molecule has 0 aromatic rings. The van der Waals surface area contributed by atoms with Crippen LogP contribution in [0.25, 0.3) is 0 Å². The van der Waals surface area contributed by atoms with E-state index in [1.807, 2.05) is 16.7 Å². The number of amides is 3. The first-order valence-corrected chi connectivity index (χ1v) is 7.06. The maximum absolute atomic E-state index is 12.0. The number of urea groups is 1. The van der Waals surface area contributed by atoms with Crippen molar-refractivity contribution in [2.24, 2.45) is 5.92 Å². The number of likely N-dealkylation sites (tertiary alicyclic amines) is 1. The molecule has 1 N–H and O–H groups in total. The average Bonchev–Trinajstić information content (AvgIpc) is 2.83. The molecule has 0 saturated carbocycles. The molecule has 5 nitrogen and oxygen atoms in total. The third-order valence-corrected chi connectivity index (χ3v) is 4.22. The quantitative estimate of drug-likeness (QED) is 0.776. The molecule has 2 rings (SSSR count). The fraction of sp³-hybridized carbons (Fsp3) is 0.833. The first-order valence-electron chi connectivity index (χ1n) is 6.52. The number of carbonyl (C=O) groups excluding carboxylic acids is 2. The molecular formula is C12H20ClN3O2. The van der Waals surface area contributed by atoms with E-state index >= 15 is 0 Å². The molecule has 0 aromatic carbocycles. The first kappa shape index (κ1) is 13.5. The fourth-order valence-corrected chi connectivity index (χ4v) is 2.74. The Bertz CT molecular complexity index is 329. The van der Waals surface area contributed by atoms with E-state index in [-0.39, 0.29) is 23.9 Å². The van der Waals surface area contributed by atoms with E-state index in [4.69, 9.17) is 11.6 Å². The van der Waals surface area contributed by atoms with Crippen molar-refractivity contribution in [3.8, 4) is 0 Å². The number of nitrogens with one attached hydrogen (secondary N) is 1. The molecule has 0 spiro atoms. The molecule has 2 fully saturated rings. The highest BCUT2D eigenvalue weighted by Crippen LogP contribution is 2.19. The van der Waals surface area contributed by atoms with Crippen molar-refractivity contribution in [3.05, 3.63) is 0 Å². The molecule has 0 aromatic heterocycles. The Morgan fingerprint density at radius 2 is 2.11 bits per heavy atom. The van der Waals surface area contributed by atoms with Gasteiger partial charge in [0.25, 0.3) is 0 Å². The largest absolute Gasteiger partial charge is 0.342 e. The Hall–Kier alpha value is -0.970. The number of hydrogen-bond acceptors (Lipinski definition) is 2. The van der Waals surface area contributed by atoms with Gasteiger partial charge in [0.15, 0.2) is 0 Å². The Balaban J connectivity index is 1.84. The number of piperidine rings is 1. The van der Waals surface area contributed by atoms with Gasteiger partial charge in [0.2, 0.25) is 5.91 Å².